The molecule has 1 aliphatic rings. The van der Waals surface area contributed by atoms with Gasteiger partial charge < -0.3 is 10.4 Å². The van der Waals surface area contributed by atoms with Crippen LogP contribution in [0.3, 0.4) is 0 Å². The molecule has 1 atom stereocenters. The number of phenols is 1. The van der Waals surface area contributed by atoms with Crippen LogP contribution in [0, 0.1) is 0 Å². The first-order valence-corrected chi connectivity index (χ1v) is 7.66. The Kier molecular flexibility index (Phi) is 4.15. The Bertz CT molecular complexity index is 610. The van der Waals surface area contributed by atoms with Crippen LogP contribution in [-0.4, -0.2) is 21.6 Å². The summed E-state index contributed by atoms with van der Waals surface area (Å²) in [6.45, 7) is 3.21. The molecule has 0 spiro atoms. The molecular formula is C17H21N3O. The molecule has 4 nitrogen and oxygen atoms in total. The van der Waals surface area contributed by atoms with Gasteiger partial charge in [0.2, 0.25) is 0 Å². The first kappa shape index (κ1) is 14.0. The van der Waals surface area contributed by atoms with Crippen LogP contribution in [0.5, 0.6) is 5.75 Å². The molecule has 2 aromatic rings. The monoisotopic (exact) mass is 283 g/mol. The zero-order chi connectivity index (χ0) is 14.7. The van der Waals surface area contributed by atoms with Gasteiger partial charge in [0, 0.05) is 29.1 Å². The van der Waals surface area contributed by atoms with Gasteiger partial charge in [0.15, 0.2) is 5.82 Å². The standard InChI is InChI=1S/C17H21N3O/c1-2-10-18-15-4-3-5-16-14(15)11-19-17(20-16)12-6-8-13(21)9-7-12/h6-9,11,15,18,21H,2-5,10H2,1H3. The second-order valence-corrected chi connectivity index (χ2v) is 5.54. The SMILES string of the molecule is CCCNC1CCCc2nc(-c3ccc(O)cc3)ncc21. The van der Waals surface area contributed by atoms with Crippen molar-refractivity contribution in [3.63, 3.8) is 0 Å². The lowest BCUT2D eigenvalue weighted by atomic mass is 9.92. The summed E-state index contributed by atoms with van der Waals surface area (Å²) in [7, 11) is 0. The third kappa shape index (κ3) is 3.05. The largest absolute Gasteiger partial charge is 0.508 e. The Hall–Kier alpha value is -1.94. The predicted octanol–water partition coefficient (Wildman–Crippen LogP) is 3.23. The van der Waals surface area contributed by atoms with E-state index >= 15 is 0 Å². The van der Waals surface area contributed by atoms with E-state index in [9.17, 15) is 5.11 Å². The van der Waals surface area contributed by atoms with Crippen LogP contribution >= 0.6 is 0 Å². The highest BCUT2D eigenvalue weighted by Crippen LogP contribution is 2.29. The number of hydrogen-bond donors (Lipinski definition) is 2. The Morgan fingerprint density at radius 3 is 2.86 bits per heavy atom. The Morgan fingerprint density at radius 2 is 2.10 bits per heavy atom. The molecule has 0 amide bonds. The van der Waals surface area contributed by atoms with Crippen molar-refractivity contribution in [1.29, 1.82) is 0 Å². The van der Waals surface area contributed by atoms with Crippen LogP contribution in [0.4, 0.5) is 0 Å². The molecule has 110 valence electrons. The first-order chi connectivity index (χ1) is 10.3. The van der Waals surface area contributed by atoms with E-state index in [1.54, 1.807) is 12.1 Å². The number of nitrogens with zero attached hydrogens (tertiary/aromatic N) is 2. The minimum absolute atomic E-state index is 0.264. The molecule has 1 heterocycles. The average molecular weight is 283 g/mol. The van der Waals surface area contributed by atoms with Crippen molar-refractivity contribution >= 4 is 0 Å². The quantitative estimate of drug-likeness (QED) is 0.904. The van der Waals surface area contributed by atoms with E-state index in [1.807, 2.05) is 18.3 Å². The van der Waals surface area contributed by atoms with Gasteiger partial charge in [-0.15, -0.1) is 0 Å². The van der Waals surface area contributed by atoms with Crippen LogP contribution in [0.25, 0.3) is 11.4 Å². The molecule has 0 bridgehead atoms. The Labute approximate surface area is 125 Å². The fourth-order valence-electron chi connectivity index (χ4n) is 2.83. The number of benzene rings is 1. The van der Waals surface area contributed by atoms with Crippen LogP contribution in [0.2, 0.25) is 0 Å². The minimum Gasteiger partial charge on any atom is -0.508 e. The van der Waals surface area contributed by atoms with Gasteiger partial charge in [0.25, 0.3) is 0 Å². The smallest absolute Gasteiger partial charge is 0.159 e. The first-order valence-electron chi connectivity index (χ1n) is 7.66. The van der Waals surface area contributed by atoms with Crippen LogP contribution < -0.4 is 5.32 Å². The molecule has 2 N–H and O–H groups in total. The molecule has 21 heavy (non-hydrogen) atoms. The fraction of sp³-hybridized carbons (Fsp3) is 0.412. The number of nitrogens with one attached hydrogen (secondary N) is 1. The summed E-state index contributed by atoms with van der Waals surface area (Å²) in [6.07, 6.45) is 6.46. The topological polar surface area (TPSA) is 58.0 Å². The summed E-state index contributed by atoms with van der Waals surface area (Å²) in [5.41, 5.74) is 3.35. The van der Waals surface area contributed by atoms with Gasteiger partial charge in [-0.25, -0.2) is 9.97 Å². The second kappa shape index (κ2) is 6.22. The fourth-order valence-corrected chi connectivity index (χ4v) is 2.83. The molecule has 4 heteroatoms. The zero-order valence-electron chi connectivity index (χ0n) is 12.3. The predicted molar refractivity (Wildman–Crippen MR) is 83.1 cm³/mol. The molecular weight excluding hydrogens is 262 g/mol. The summed E-state index contributed by atoms with van der Waals surface area (Å²) < 4.78 is 0. The van der Waals surface area contributed by atoms with E-state index in [-0.39, 0.29) is 5.75 Å². The van der Waals surface area contributed by atoms with Crippen molar-refractivity contribution in [2.45, 2.75) is 38.6 Å². The second-order valence-electron chi connectivity index (χ2n) is 5.54. The van der Waals surface area contributed by atoms with Crippen molar-refractivity contribution in [3.05, 3.63) is 41.7 Å². The van der Waals surface area contributed by atoms with Crippen LogP contribution in [-0.2, 0) is 6.42 Å². The number of aromatic nitrogens is 2. The summed E-state index contributed by atoms with van der Waals surface area (Å²) in [6, 6.07) is 7.44. The maximum Gasteiger partial charge on any atom is 0.159 e. The van der Waals surface area contributed by atoms with E-state index in [2.05, 4.69) is 17.2 Å². The van der Waals surface area contributed by atoms with Gasteiger partial charge in [-0.3, -0.25) is 0 Å². The lowest BCUT2D eigenvalue weighted by molar-refractivity contribution is 0.454. The summed E-state index contributed by atoms with van der Waals surface area (Å²) in [4.78, 5) is 9.26. The van der Waals surface area contributed by atoms with Gasteiger partial charge in [0.1, 0.15) is 5.75 Å². The van der Waals surface area contributed by atoms with Crippen molar-refractivity contribution in [3.8, 4) is 17.1 Å². The third-order valence-electron chi connectivity index (χ3n) is 3.95. The van der Waals surface area contributed by atoms with Gasteiger partial charge in [-0.05, 0) is 56.5 Å². The number of fused-ring (bicyclic) bond motifs is 1. The van der Waals surface area contributed by atoms with E-state index in [1.165, 1.54) is 12.0 Å². The highest BCUT2D eigenvalue weighted by molar-refractivity contribution is 5.56. The molecule has 1 aliphatic carbocycles. The highest BCUT2D eigenvalue weighted by atomic mass is 16.3. The number of hydrogen-bond acceptors (Lipinski definition) is 4. The molecule has 0 aliphatic heterocycles. The molecule has 1 aromatic heterocycles. The number of aromatic hydroxyl groups is 1. The highest BCUT2D eigenvalue weighted by Gasteiger charge is 2.21. The van der Waals surface area contributed by atoms with Crippen molar-refractivity contribution in [2.24, 2.45) is 0 Å². The lowest BCUT2D eigenvalue weighted by Crippen LogP contribution is -2.26. The average Bonchev–Trinajstić information content (AvgIpc) is 2.53. The molecule has 0 saturated carbocycles. The van der Waals surface area contributed by atoms with Gasteiger partial charge >= 0.3 is 0 Å². The van der Waals surface area contributed by atoms with Crippen molar-refractivity contribution < 1.29 is 5.11 Å². The van der Waals surface area contributed by atoms with E-state index in [4.69, 9.17) is 4.98 Å². The lowest BCUT2D eigenvalue weighted by Gasteiger charge is -2.25. The zero-order valence-corrected chi connectivity index (χ0v) is 12.3. The van der Waals surface area contributed by atoms with Crippen molar-refractivity contribution in [2.75, 3.05) is 6.54 Å². The van der Waals surface area contributed by atoms with Gasteiger partial charge in [0.05, 0.1) is 0 Å². The summed E-state index contributed by atoms with van der Waals surface area (Å²) in [5.74, 6) is 1.01. The molecule has 0 radical (unpaired) electrons. The van der Waals surface area contributed by atoms with Crippen molar-refractivity contribution in [1.82, 2.24) is 15.3 Å². The molecule has 0 fully saturated rings. The van der Waals surface area contributed by atoms with E-state index in [0.717, 1.165) is 42.9 Å². The molecule has 3 rings (SSSR count). The number of rotatable bonds is 4. The summed E-state index contributed by atoms with van der Waals surface area (Å²) >= 11 is 0. The molecule has 0 saturated heterocycles. The summed E-state index contributed by atoms with van der Waals surface area (Å²) in [5, 5.41) is 12.9. The van der Waals surface area contributed by atoms with Gasteiger partial charge in [-0.2, -0.15) is 0 Å². The normalized spacial score (nSPS) is 17.5. The van der Waals surface area contributed by atoms with Crippen LogP contribution in [0.15, 0.2) is 30.5 Å². The van der Waals surface area contributed by atoms with Gasteiger partial charge in [-0.1, -0.05) is 6.92 Å². The Morgan fingerprint density at radius 1 is 1.29 bits per heavy atom. The molecule has 1 aromatic carbocycles. The number of aryl methyl sites for hydroxylation is 1. The maximum atomic E-state index is 9.36. The minimum atomic E-state index is 0.264. The third-order valence-corrected chi connectivity index (χ3v) is 3.95. The van der Waals surface area contributed by atoms with Crippen LogP contribution in [0.1, 0.15) is 43.5 Å². The van der Waals surface area contributed by atoms with E-state index in [0.29, 0.717) is 6.04 Å². The van der Waals surface area contributed by atoms with E-state index < -0.39 is 0 Å². The Balaban J connectivity index is 1.88. The maximum absolute atomic E-state index is 9.36. The molecule has 1 unspecified atom stereocenters. The number of phenolic OH excluding ortho intramolecular Hbond substituents is 1.